The zero-order valence-corrected chi connectivity index (χ0v) is 30.4. The second-order valence-electron chi connectivity index (χ2n) is 13.6. The fourth-order valence-electron chi connectivity index (χ4n) is 7.58. The predicted octanol–water partition coefficient (Wildman–Crippen LogP) is 3.67. The van der Waals surface area contributed by atoms with Crippen molar-refractivity contribution >= 4 is 51.1 Å². The number of imidazole rings is 2. The fraction of sp³-hybridized carbons (Fsp3) is 0.244. The van der Waals surface area contributed by atoms with Gasteiger partial charge in [-0.05, 0) is 63.3 Å². The van der Waals surface area contributed by atoms with Crippen molar-refractivity contribution in [2.45, 2.75) is 19.4 Å². The molecule has 0 saturated carbocycles. The molecule has 8 rings (SSSR count). The van der Waals surface area contributed by atoms with Crippen LogP contribution >= 0.6 is 0 Å². The Balaban J connectivity index is 0.894. The number of amides is 5. The third-order valence-electron chi connectivity index (χ3n) is 10.5. The summed E-state index contributed by atoms with van der Waals surface area (Å²) in [4.78, 5) is 80.6. The first-order chi connectivity index (χ1) is 26.8. The smallest absolute Gasteiger partial charge is 0.261 e. The van der Waals surface area contributed by atoms with E-state index in [0.717, 1.165) is 22.1 Å². The van der Waals surface area contributed by atoms with Crippen LogP contribution in [0.4, 0.5) is 0 Å². The van der Waals surface area contributed by atoms with Crippen LogP contribution in [0.25, 0.3) is 32.9 Å². The highest BCUT2D eigenvalue weighted by atomic mass is 16.2. The van der Waals surface area contributed by atoms with Crippen LogP contribution in [0, 0.1) is 0 Å². The number of hydrogen-bond acceptors (Lipinski definition) is 9. The highest BCUT2D eigenvalue weighted by molar-refractivity contribution is 6.27. The van der Waals surface area contributed by atoms with Gasteiger partial charge in [0, 0.05) is 101 Å². The number of hydrogen-bond donors (Lipinski definition) is 2. The van der Waals surface area contributed by atoms with Crippen LogP contribution in [0.5, 0.6) is 0 Å². The largest absolute Gasteiger partial charge is 0.340 e. The lowest BCUT2D eigenvalue weighted by Gasteiger charge is -2.31. The van der Waals surface area contributed by atoms with Gasteiger partial charge in [0.1, 0.15) is 0 Å². The van der Waals surface area contributed by atoms with Crippen molar-refractivity contribution in [2.75, 3.05) is 46.3 Å². The molecule has 0 fully saturated rings. The minimum atomic E-state index is -0.476. The summed E-state index contributed by atoms with van der Waals surface area (Å²) in [5.74, 6) is -1.64. The van der Waals surface area contributed by atoms with E-state index in [9.17, 15) is 24.0 Å². The lowest BCUT2D eigenvalue weighted by Crippen LogP contribution is -2.49. The molecule has 4 aromatic carbocycles. The predicted molar refractivity (Wildman–Crippen MR) is 205 cm³/mol. The highest BCUT2D eigenvalue weighted by Gasteiger charge is 2.35. The maximum atomic E-state index is 13.8. The van der Waals surface area contributed by atoms with Crippen LogP contribution in [0.2, 0.25) is 0 Å². The maximum Gasteiger partial charge on any atom is 0.261 e. The number of rotatable bonds is 14. The number of benzene rings is 4. The van der Waals surface area contributed by atoms with Crippen molar-refractivity contribution in [1.29, 1.82) is 0 Å². The highest BCUT2D eigenvalue weighted by Crippen LogP contribution is 2.35. The van der Waals surface area contributed by atoms with E-state index in [1.54, 1.807) is 74.3 Å². The van der Waals surface area contributed by atoms with E-state index in [2.05, 4.69) is 20.6 Å². The lowest BCUT2D eigenvalue weighted by molar-refractivity contribution is -0.133. The second-order valence-corrected chi connectivity index (χ2v) is 13.6. The van der Waals surface area contributed by atoms with Gasteiger partial charge in [-0.15, -0.1) is 0 Å². The van der Waals surface area contributed by atoms with Crippen molar-refractivity contribution in [3.05, 3.63) is 120 Å². The van der Waals surface area contributed by atoms with Crippen LogP contribution in [0.15, 0.2) is 98.1 Å². The number of imide groups is 2. The minimum Gasteiger partial charge on any atom is -0.340 e. The van der Waals surface area contributed by atoms with Crippen molar-refractivity contribution in [1.82, 2.24) is 44.4 Å². The summed E-state index contributed by atoms with van der Waals surface area (Å²) in [6, 6.07) is 17.6. The zero-order valence-electron chi connectivity index (χ0n) is 30.4. The van der Waals surface area contributed by atoms with Crippen LogP contribution in [-0.2, 0) is 4.79 Å². The van der Waals surface area contributed by atoms with Crippen LogP contribution in [0.3, 0.4) is 0 Å². The molecule has 4 heterocycles. The molecule has 2 N–H and O–H groups in total. The molecule has 0 spiro atoms. The van der Waals surface area contributed by atoms with E-state index in [1.165, 1.54) is 9.80 Å². The van der Waals surface area contributed by atoms with E-state index < -0.39 is 17.9 Å². The van der Waals surface area contributed by atoms with Gasteiger partial charge in [-0.2, -0.15) is 0 Å². The molecule has 14 heteroatoms. The molecule has 1 atom stereocenters. The Morgan fingerprint density at radius 2 is 1.18 bits per heavy atom. The average Bonchev–Trinajstić information content (AvgIpc) is 3.95. The topological polar surface area (TPSA) is 155 Å². The molecule has 0 aliphatic carbocycles. The molecule has 5 amide bonds. The van der Waals surface area contributed by atoms with Crippen molar-refractivity contribution < 1.29 is 24.0 Å². The summed E-state index contributed by atoms with van der Waals surface area (Å²) in [7, 11) is 1.70. The number of likely N-dealkylation sites (N-methyl/N-ethyl adjacent to an activating group) is 1. The first kappa shape index (κ1) is 35.5. The summed E-state index contributed by atoms with van der Waals surface area (Å²) >= 11 is 0. The maximum absolute atomic E-state index is 13.8. The lowest BCUT2D eigenvalue weighted by atomic mass is 9.93. The molecule has 0 saturated heterocycles. The van der Waals surface area contributed by atoms with E-state index >= 15 is 0 Å². The van der Waals surface area contributed by atoms with Gasteiger partial charge in [-0.1, -0.05) is 24.3 Å². The normalized spacial score (nSPS) is 14.4. The Morgan fingerprint density at radius 1 is 0.673 bits per heavy atom. The molecule has 2 aromatic heterocycles. The van der Waals surface area contributed by atoms with Gasteiger partial charge in [0.25, 0.3) is 23.6 Å². The fourth-order valence-corrected chi connectivity index (χ4v) is 7.58. The SMILES string of the molecule is CNC(C)C(=O)N(CCCNCCN1C(=O)c2cccc3c(-n4ccnc4)ccc(c23)C1=O)CCN1C(=O)c2cccc3c(-n4ccnc4)ccc(c23)C1=O. The quantitative estimate of drug-likeness (QED) is 0.126. The Morgan fingerprint density at radius 3 is 1.67 bits per heavy atom. The monoisotopic (exact) mass is 737 g/mol. The summed E-state index contributed by atoms with van der Waals surface area (Å²) in [5, 5.41) is 9.13. The molecule has 14 nitrogen and oxygen atoms in total. The number of nitrogens with zero attached hydrogens (tertiary/aromatic N) is 7. The molecular weight excluding hydrogens is 699 g/mol. The summed E-state index contributed by atoms with van der Waals surface area (Å²) in [6.45, 7) is 3.36. The minimum absolute atomic E-state index is 0.0313. The van der Waals surface area contributed by atoms with Gasteiger partial charge >= 0.3 is 0 Å². The van der Waals surface area contributed by atoms with Gasteiger partial charge in [-0.25, -0.2) is 9.97 Å². The Hall–Kier alpha value is -6.51. The van der Waals surface area contributed by atoms with Gasteiger partial charge in [0.15, 0.2) is 0 Å². The number of aromatic nitrogens is 4. The van der Waals surface area contributed by atoms with Gasteiger partial charge in [-0.3, -0.25) is 33.8 Å². The number of carbonyl (C=O) groups excluding carboxylic acids is 5. The van der Waals surface area contributed by atoms with Crippen LogP contribution in [0.1, 0.15) is 54.8 Å². The molecule has 1 unspecified atom stereocenters. The zero-order chi connectivity index (χ0) is 38.2. The molecule has 2 aliphatic rings. The summed E-state index contributed by atoms with van der Waals surface area (Å²) in [6.07, 6.45) is 10.9. The number of carbonyl (C=O) groups is 5. The van der Waals surface area contributed by atoms with Crippen LogP contribution in [-0.4, -0.2) is 116 Å². The summed E-state index contributed by atoms with van der Waals surface area (Å²) in [5.41, 5.74) is 3.48. The molecule has 0 radical (unpaired) electrons. The third-order valence-corrected chi connectivity index (χ3v) is 10.5. The third kappa shape index (κ3) is 6.24. The Bertz CT molecular complexity index is 2430. The average molecular weight is 738 g/mol. The van der Waals surface area contributed by atoms with Gasteiger partial charge < -0.3 is 24.7 Å². The second kappa shape index (κ2) is 14.7. The molecule has 0 bridgehead atoms. The van der Waals surface area contributed by atoms with Gasteiger partial charge in [0.05, 0.1) is 30.1 Å². The number of nitrogens with one attached hydrogen (secondary N) is 2. The van der Waals surface area contributed by atoms with Crippen LogP contribution < -0.4 is 10.6 Å². The Labute approximate surface area is 316 Å². The molecule has 2 aliphatic heterocycles. The standard InChI is InChI=1S/C41H39N9O5/c1-26(42-2)37(51)46(22-23-50-39(53)30-9-4-7-28-34(48-20-16-45-25-48)13-11-32(36(28)30)41(50)55)18-5-14-43-17-21-49-38(52)29-8-3-6-27-33(47-19-15-44-24-47)12-10-31(35(27)29)40(49)54/h3-4,6-13,15-16,19-20,24-26,42-43H,5,14,17-18,21-23H2,1-2H3. The van der Waals surface area contributed by atoms with Crippen molar-refractivity contribution in [3.63, 3.8) is 0 Å². The first-order valence-electron chi connectivity index (χ1n) is 18.3. The molecule has 278 valence electrons. The summed E-state index contributed by atoms with van der Waals surface area (Å²) < 4.78 is 3.70. The van der Waals surface area contributed by atoms with Gasteiger partial charge in [0.2, 0.25) is 5.91 Å². The first-order valence-corrected chi connectivity index (χ1v) is 18.3. The van der Waals surface area contributed by atoms with E-state index in [4.69, 9.17) is 0 Å². The molecule has 55 heavy (non-hydrogen) atoms. The van der Waals surface area contributed by atoms with E-state index in [1.807, 2.05) is 51.9 Å². The molecular formula is C41H39N9O5. The molecule has 6 aromatic rings. The van der Waals surface area contributed by atoms with Crippen molar-refractivity contribution in [3.8, 4) is 11.4 Å². The van der Waals surface area contributed by atoms with Crippen molar-refractivity contribution in [2.24, 2.45) is 0 Å². The van der Waals surface area contributed by atoms with E-state index in [-0.39, 0.29) is 37.4 Å². The Kier molecular flexibility index (Phi) is 9.51. The van der Waals surface area contributed by atoms with E-state index in [0.29, 0.717) is 59.1 Å².